The Morgan fingerprint density at radius 3 is 2.19 bits per heavy atom. The smallest absolute Gasteiger partial charge is 0.243 e. The van der Waals surface area contributed by atoms with Crippen LogP contribution in [0.3, 0.4) is 0 Å². The first-order valence-electron chi connectivity index (χ1n) is 8.92. The van der Waals surface area contributed by atoms with Crippen molar-refractivity contribution in [2.24, 2.45) is 0 Å². The summed E-state index contributed by atoms with van der Waals surface area (Å²) < 4.78 is 10.4. The fourth-order valence-electron chi connectivity index (χ4n) is 2.59. The van der Waals surface area contributed by atoms with Crippen LogP contribution in [-0.2, 0) is 22.4 Å². The van der Waals surface area contributed by atoms with Gasteiger partial charge in [-0.15, -0.1) is 0 Å². The molecule has 0 atom stereocenters. The van der Waals surface area contributed by atoms with Crippen molar-refractivity contribution < 1.29 is 19.1 Å². The fraction of sp³-hybridized carbons (Fsp3) is 0.333. The van der Waals surface area contributed by atoms with Crippen molar-refractivity contribution in [3.63, 3.8) is 0 Å². The molecule has 2 rings (SSSR count). The summed E-state index contributed by atoms with van der Waals surface area (Å²) in [6.45, 7) is 2.02. The van der Waals surface area contributed by atoms with Gasteiger partial charge in [-0.3, -0.25) is 9.59 Å². The summed E-state index contributed by atoms with van der Waals surface area (Å²) in [6.07, 6.45) is 1.78. The summed E-state index contributed by atoms with van der Waals surface area (Å²) in [5.41, 5.74) is 2.89. The van der Waals surface area contributed by atoms with Gasteiger partial charge in [0.1, 0.15) is 0 Å². The maximum absolute atomic E-state index is 12.0. The van der Waals surface area contributed by atoms with E-state index in [0.717, 1.165) is 17.7 Å². The van der Waals surface area contributed by atoms with Crippen molar-refractivity contribution in [1.82, 2.24) is 5.32 Å². The molecule has 2 amide bonds. The molecule has 0 aliphatic carbocycles. The molecule has 27 heavy (non-hydrogen) atoms. The predicted octanol–water partition coefficient (Wildman–Crippen LogP) is 2.95. The summed E-state index contributed by atoms with van der Waals surface area (Å²) in [5.74, 6) is 0.846. The second-order valence-corrected chi connectivity index (χ2v) is 6.06. The van der Waals surface area contributed by atoms with Gasteiger partial charge >= 0.3 is 0 Å². The van der Waals surface area contributed by atoms with E-state index >= 15 is 0 Å². The van der Waals surface area contributed by atoms with E-state index in [9.17, 15) is 9.59 Å². The monoisotopic (exact) mass is 370 g/mol. The van der Waals surface area contributed by atoms with Gasteiger partial charge in [0.2, 0.25) is 11.8 Å². The third-order valence-electron chi connectivity index (χ3n) is 4.18. The van der Waals surface area contributed by atoms with E-state index in [4.69, 9.17) is 9.47 Å². The molecule has 6 nitrogen and oxygen atoms in total. The lowest BCUT2D eigenvalue weighted by molar-refractivity contribution is -0.124. The Balaban J connectivity index is 1.76. The van der Waals surface area contributed by atoms with Crippen LogP contribution in [0.4, 0.5) is 5.69 Å². The number of hydrogen-bond donors (Lipinski definition) is 2. The number of anilines is 1. The van der Waals surface area contributed by atoms with Crippen molar-refractivity contribution in [2.75, 3.05) is 26.1 Å². The van der Waals surface area contributed by atoms with Gasteiger partial charge in [-0.1, -0.05) is 25.1 Å². The number of ether oxygens (including phenoxy) is 2. The zero-order valence-electron chi connectivity index (χ0n) is 16.0. The third-order valence-corrected chi connectivity index (χ3v) is 4.18. The van der Waals surface area contributed by atoms with E-state index in [1.54, 1.807) is 14.2 Å². The van der Waals surface area contributed by atoms with Crippen LogP contribution in [0.1, 0.15) is 24.5 Å². The van der Waals surface area contributed by atoms with Gasteiger partial charge in [0.05, 0.1) is 20.8 Å². The van der Waals surface area contributed by atoms with Gasteiger partial charge < -0.3 is 20.1 Å². The van der Waals surface area contributed by atoms with Crippen LogP contribution in [0.5, 0.6) is 11.5 Å². The molecular formula is C21H26N2O4. The molecule has 0 aliphatic heterocycles. The molecule has 6 heteroatoms. The molecule has 2 aromatic rings. The van der Waals surface area contributed by atoms with Gasteiger partial charge in [-0.25, -0.2) is 0 Å². The second-order valence-electron chi connectivity index (χ2n) is 6.06. The minimum Gasteiger partial charge on any atom is -0.493 e. The molecule has 144 valence electrons. The number of nitrogens with one attached hydrogen (secondary N) is 2. The Bertz CT molecular complexity index is 772. The number of benzene rings is 2. The van der Waals surface area contributed by atoms with E-state index in [-0.39, 0.29) is 24.8 Å². The van der Waals surface area contributed by atoms with Gasteiger partial charge in [-0.2, -0.15) is 0 Å². The number of carbonyl (C=O) groups is 2. The lowest BCUT2D eigenvalue weighted by atomic mass is 10.1. The summed E-state index contributed by atoms with van der Waals surface area (Å²) in [7, 11) is 3.15. The molecule has 0 aromatic heterocycles. The molecule has 0 bridgehead atoms. The first-order chi connectivity index (χ1) is 13.0. The lowest BCUT2D eigenvalue weighted by Crippen LogP contribution is -2.32. The van der Waals surface area contributed by atoms with E-state index in [2.05, 4.69) is 17.6 Å². The number of hydrogen-bond acceptors (Lipinski definition) is 4. The van der Waals surface area contributed by atoms with E-state index in [1.807, 2.05) is 42.5 Å². The fourth-order valence-corrected chi connectivity index (χ4v) is 2.59. The van der Waals surface area contributed by atoms with E-state index < -0.39 is 0 Å². The van der Waals surface area contributed by atoms with Crippen LogP contribution >= 0.6 is 0 Å². The third kappa shape index (κ3) is 6.33. The first kappa shape index (κ1) is 20.3. The Labute approximate surface area is 159 Å². The number of amides is 2. The average Bonchev–Trinajstić information content (AvgIpc) is 2.71. The topological polar surface area (TPSA) is 76.7 Å². The Morgan fingerprint density at radius 2 is 1.56 bits per heavy atom. The minimum atomic E-state index is -0.251. The standard InChI is InChI=1S/C21H26N2O4/c1-4-15-5-9-17(10-6-15)23-21(25)14-22-20(24)12-8-16-7-11-18(26-2)19(13-16)27-3/h5-7,9-11,13H,4,8,12,14H2,1-3H3,(H,22,24)(H,23,25). The first-order valence-corrected chi connectivity index (χ1v) is 8.92. The Morgan fingerprint density at radius 1 is 0.889 bits per heavy atom. The molecule has 0 radical (unpaired) electrons. The number of methoxy groups -OCH3 is 2. The summed E-state index contributed by atoms with van der Waals surface area (Å²) in [4.78, 5) is 23.9. The lowest BCUT2D eigenvalue weighted by Gasteiger charge is -2.10. The van der Waals surface area contributed by atoms with Crippen LogP contribution in [0.2, 0.25) is 0 Å². The van der Waals surface area contributed by atoms with E-state index in [1.165, 1.54) is 5.56 Å². The molecule has 0 saturated heterocycles. The number of rotatable bonds is 9. The van der Waals surface area contributed by atoms with Crippen LogP contribution in [-0.4, -0.2) is 32.6 Å². The maximum atomic E-state index is 12.0. The highest BCUT2D eigenvalue weighted by Gasteiger charge is 2.09. The van der Waals surface area contributed by atoms with Crippen molar-refractivity contribution in [3.05, 3.63) is 53.6 Å². The van der Waals surface area contributed by atoms with Crippen molar-refractivity contribution in [3.8, 4) is 11.5 Å². The summed E-state index contributed by atoms with van der Waals surface area (Å²) >= 11 is 0. The Hall–Kier alpha value is -3.02. The zero-order chi connectivity index (χ0) is 19.6. The molecule has 0 heterocycles. The molecule has 0 spiro atoms. The van der Waals surface area contributed by atoms with Crippen LogP contribution in [0.15, 0.2) is 42.5 Å². The summed E-state index contributed by atoms with van der Waals surface area (Å²) in [6, 6.07) is 13.2. The number of aryl methyl sites for hydroxylation is 2. The summed E-state index contributed by atoms with van der Waals surface area (Å²) in [5, 5.41) is 5.41. The highest BCUT2D eigenvalue weighted by atomic mass is 16.5. The Kier molecular flexibility index (Phi) is 7.67. The molecular weight excluding hydrogens is 344 g/mol. The molecule has 2 N–H and O–H groups in total. The molecule has 0 saturated carbocycles. The SMILES string of the molecule is CCc1ccc(NC(=O)CNC(=O)CCc2ccc(OC)c(OC)c2)cc1. The maximum Gasteiger partial charge on any atom is 0.243 e. The molecule has 2 aromatic carbocycles. The molecule has 0 unspecified atom stereocenters. The number of carbonyl (C=O) groups excluding carboxylic acids is 2. The highest BCUT2D eigenvalue weighted by molar-refractivity contribution is 5.94. The van der Waals surface area contributed by atoms with Crippen molar-refractivity contribution in [1.29, 1.82) is 0 Å². The predicted molar refractivity (Wildman–Crippen MR) is 105 cm³/mol. The van der Waals surface area contributed by atoms with Gasteiger partial charge in [-0.05, 0) is 48.2 Å². The minimum absolute atomic E-state index is 0.0553. The average molecular weight is 370 g/mol. The van der Waals surface area contributed by atoms with Crippen LogP contribution in [0.25, 0.3) is 0 Å². The largest absolute Gasteiger partial charge is 0.493 e. The zero-order valence-corrected chi connectivity index (χ0v) is 16.0. The van der Waals surface area contributed by atoms with Gasteiger partial charge in [0.25, 0.3) is 0 Å². The van der Waals surface area contributed by atoms with Crippen LogP contribution in [0, 0.1) is 0 Å². The van der Waals surface area contributed by atoms with Crippen LogP contribution < -0.4 is 20.1 Å². The highest BCUT2D eigenvalue weighted by Crippen LogP contribution is 2.27. The van der Waals surface area contributed by atoms with E-state index in [0.29, 0.717) is 17.9 Å². The van der Waals surface area contributed by atoms with Gasteiger partial charge in [0.15, 0.2) is 11.5 Å². The molecule has 0 fully saturated rings. The van der Waals surface area contributed by atoms with Gasteiger partial charge in [0, 0.05) is 12.1 Å². The quantitative estimate of drug-likeness (QED) is 0.711. The van der Waals surface area contributed by atoms with Crippen molar-refractivity contribution >= 4 is 17.5 Å². The normalized spacial score (nSPS) is 10.2. The molecule has 0 aliphatic rings. The second kappa shape index (κ2) is 10.2. The van der Waals surface area contributed by atoms with Crippen molar-refractivity contribution in [2.45, 2.75) is 26.2 Å².